The van der Waals surface area contributed by atoms with E-state index in [-0.39, 0.29) is 10.8 Å². The quantitative estimate of drug-likeness (QED) is 0.170. The van der Waals surface area contributed by atoms with Gasteiger partial charge in [0.15, 0.2) is 0 Å². The molecular formula is C86H109N. The first-order chi connectivity index (χ1) is 43.2. The molecule has 2 spiro atoms. The summed E-state index contributed by atoms with van der Waals surface area (Å²) in [6.45, 7) is 43.1. The molecule has 0 aliphatic heterocycles. The smallest absolute Gasteiger partial charge is 0.0719 e. The van der Waals surface area contributed by atoms with E-state index in [1.165, 1.54) is 112 Å². The molecule has 14 rings (SSSR count). The van der Waals surface area contributed by atoms with Crippen LogP contribution in [0.1, 0.15) is 212 Å². The van der Waals surface area contributed by atoms with Crippen LogP contribution in [0.5, 0.6) is 0 Å². The van der Waals surface area contributed by atoms with Crippen molar-refractivity contribution in [2.45, 2.75) is 169 Å². The monoisotopic (exact) mass is 1160 g/mol. The van der Waals surface area contributed by atoms with Gasteiger partial charge >= 0.3 is 0 Å². The Morgan fingerprint density at radius 3 is 0.862 bits per heavy atom. The number of fused-ring (bicyclic) bond motifs is 18. The normalized spacial score (nSPS) is 11.6. The van der Waals surface area contributed by atoms with Gasteiger partial charge in [0, 0.05) is 23.5 Å². The first-order valence-corrected chi connectivity index (χ1v) is 33.9. The summed E-state index contributed by atoms with van der Waals surface area (Å²) in [6, 6.07) is 89.9. The van der Waals surface area contributed by atoms with Crippen molar-refractivity contribution in [3.8, 4) is 33.4 Å². The maximum Gasteiger partial charge on any atom is 0.0719 e. The van der Waals surface area contributed by atoms with E-state index in [1.54, 1.807) is 0 Å². The van der Waals surface area contributed by atoms with Crippen LogP contribution in [-0.4, -0.2) is 6.54 Å². The lowest BCUT2D eigenvalue weighted by atomic mass is 9.61. The standard InChI is InChI=1S/C40H31N.C26H18.10C2H6/c1-2-41(39-23-13-9-17-32(39)28-14-4-3-5-15-28)31-25-24-30-26-29-16-6-10-20-35(29)40(38(30)27-31)36-21-11-7-18-33(36)34-19-8-12-22-37(34)40;1-5-13-22-18(9-1)17-19-10-2-6-14-23(19)26(22)24-15-7-3-11-20(24)21-12-4-8-16-25(21)26;10*1-2/h3-25,27H,2,26H2,1H3;1-16H,17H2;10*1-2H3. The van der Waals surface area contributed by atoms with Crippen molar-refractivity contribution in [1.82, 2.24) is 0 Å². The Balaban J connectivity index is 0.000000371. The summed E-state index contributed by atoms with van der Waals surface area (Å²) in [7, 11) is 0. The predicted molar refractivity (Wildman–Crippen MR) is 391 cm³/mol. The molecule has 0 radical (unpaired) electrons. The van der Waals surface area contributed by atoms with Gasteiger partial charge in [-0.15, -0.1) is 0 Å². The minimum atomic E-state index is -0.342. The van der Waals surface area contributed by atoms with Gasteiger partial charge in [0.1, 0.15) is 0 Å². The fourth-order valence-corrected chi connectivity index (χ4v) is 12.8. The zero-order valence-corrected chi connectivity index (χ0v) is 57.7. The fourth-order valence-electron chi connectivity index (χ4n) is 12.8. The van der Waals surface area contributed by atoms with Crippen LogP contribution in [0.3, 0.4) is 0 Å². The molecule has 0 aromatic heterocycles. The van der Waals surface area contributed by atoms with Crippen LogP contribution < -0.4 is 4.90 Å². The number of benzene rings is 10. The summed E-state index contributed by atoms with van der Waals surface area (Å²) < 4.78 is 0. The average molecular weight is 1160 g/mol. The number of para-hydroxylation sites is 1. The molecule has 458 valence electrons. The third kappa shape index (κ3) is 14.1. The molecule has 0 saturated carbocycles. The third-order valence-corrected chi connectivity index (χ3v) is 15.3. The van der Waals surface area contributed by atoms with Crippen LogP contribution in [0.25, 0.3) is 33.4 Å². The number of anilines is 2. The molecule has 0 bridgehead atoms. The summed E-state index contributed by atoms with van der Waals surface area (Å²) in [5.74, 6) is 0. The molecule has 0 atom stereocenters. The van der Waals surface area contributed by atoms with E-state index >= 15 is 0 Å². The highest BCUT2D eigenvalue weighted by atomic mass is 15.1. The zero-order chi connectivity index (χ0) is 64.5. The molecule has 87 heavy (non-hydrogen) atoms. The molecule has 10 aromatic rings. The maximum atomic E-state index is 2.50. The van der Waals surface area contributed by atoms with Gasteiger partial charge < -0.3 is 4.90 Å². The lowest BCUT2D eigenvalue weighted by Crippen LogP contribution is -2.34. The van der Waals surface area contributed by atoms with E-state index in [2.05, 4.69) is 254 Å². The number of nitrogens with zero attached hydrogens (tertiary/aromatic N) is 1. The van der Waals surface area contributed by atoms with Crippen LogP contribution in [0, 0.1) is 0 Å². The second kappa shape index (κ2) is 38.2. The highest BCUT2D eigenvalue weighted by Gasteiger charge is 2.51. The summed E-state index contributed by atoms with van der Waals surface area (Å²) in [5, 5.41) is 0. The van der Waals surface area contributed by atoms with Crippen molar-refractivity contribution in [2.75, 3.05) is 11.4 Å². The zero-order valence-electron chi connectivity index (χ0n) is 57.7. The van der Waals surface area contributed by atoms with Crippen molar-refractivity contribution in [1.29, 1.82) is 0 Å². The highest BCUT2D eigenvalue weighted by molar-refractivity contribution is 5.90. The fraction of sp³-hybridized carbons (Fsp3) is 0.302. The van der Waals surface area contributed by atoms with E-state index in [1.807, 2.05) is 138 Å². The SMILES string of the molecule is CC.CC.CC.CC.CC.CC.CC.CC.CC.CC.CCN(c1ccc2c(c1)C1(c3ccccc3C2)c2ccccc2-c2ccccc21)c1ccccc1-c1ccccc1.c1ccc2c(c1)Cc1ccccc1C21c2ccccc2-c2ccccc21. The molecule has 0 fully saturated rings. The average Bonchev–Trinajstić information content (AvgIpc) is 1.75. The van der Waals surface area contributed by atoms with E-state index in [4.69, 9.17) is 0 Å². The van der Waals surface area contributed by atoms with Crippen LogP contribution in [0.15, 0.2) is 243 Å². The first kappa shape index (κ1) is 73.3. The van der Waals surface area contributed by atoms with Gasteiger partial charge in [-0.3, -0.25) is 0 Å². The number of hydrogen-bond donors (Lipinski definition) is 0. The molecule has 4 aliphatic carbocycles. The Labute approximate surface area is 531 Å². The third-order valence-electron chi connectivity index (χ3n) is 15.3. The Morgan fingerprint density at radius 2 is 0.517 bits per heavy atom. The Hall–Kier alpha value is -8.00. The van der Waals surface area contributed by atoms with Crippen molar-refractivity contribution < 1.29 is 0 Å². The molecule has 0 N–H and O–H groups in total. The molecular weight excluding hydrogens is 1050 g/mol. The molecule has 0 amide bonds. The van der Waals surface area contributed by atoms with E-state index in [0.29, 0.717) is 0 Å². The Bertz CT molecular complexity index is 3400. The molecule has 0 unspecified atom stereocenters. The van der Waals surface area contributed by atoms with Crippen LogP contribution in [0.2, 0.25) is 0 Å². The van der Waals surface area contributed by atoms with Gasteiger partial charge in [-0.1, -0.05) is 363 Å². The van der Waals surface area contributed by atoms with Gasteiger partial charge in [-0.2, -0.15) is 0 Å². The highest BCUT2D eigenvalue weighted by Crippen LogP contribution is 2.61. The van der Waals surface area contributed by atoms with Crippen molar-refractivity contribution in [2.24, 2.45) is 0 Å². The van der Waals surface area contributed by atoms with E-state index < -0.39 is 0 Å². The molecule has 1 heteroatoms. The molecule has 10 aromatic carbocycles. The van der Waals surface area contributed by atoms with Gasteiger partial charge in [-0.05, 0) is 133 Å². The van der Waals surface area contributed by atoms with Gasteiger partial charge in [0.25, 0.3) is 0 Å². The number of rotatable bonds is 4. The molecule has 0 saturated heterocycles. The Kier molecular flexibility index (Phi) is 32.2. The van der Waals surface area contributed by atoms with E-state index in [0.717, 1.165) is 19.4 Å². The van der Waals surface area contributed by atoms with Crippen LogP contribution in [0.4, 0.5) is 11.4 Å². The minimum Gasteiger partial charge on any atom is -0.341 e. The van der Waals surface area contributed by atoms with Gasteiger partial charge in [0.05, 0.1) is 10.8 Å². The lowest BCUT2D eigenvalue weighted by Gasteiger charge is -2.41. The summed E-state index contributed by atoms with van der Waals surface area (Å²) in [4.78, 5) is 2.48. The topological polar surface area (TPSA) is 3.24 Å². The molecule has 1 nitrogen and oxygen atoms in total. The molecule has 0 heterocycles. The van der Waals surface area contributed by atoms with Crippen molar-refractivity contribution in [3.63, 3.8) is 0 Å². The van der Waals surface area contributed by atoms with Gasteiger partial charge in [0.2, 0.25) is 0 Å². The van der Waals surface area contributed by atoms with Crippen LogP contribution in [-0.2, 0) is 23.7 Å². The Morgan fingerprint density at radius 1 is 0.253 bits per heavy atom. The summed E-state index contributed by atoms with van der Waals surface area (Å²) in [6.07, 6.45) is 1.96. The molecule has 4 aliphatic rings. The maximum absolute atomic E-state index is 2.50. The predicted octanol–water partition coefficient (Wildman–Crippen LogP) is 26.0. The summed E-state index contributed by atoms with van der Waals surface area (Å²) >= 11 is 0. The lowest BCUT2D eigenvalue weighted by molar-refractivity contribution is 0.721. The van der Waals surface area contributed by atoms with Crippen molar-refractivity contribution in [3.05, 3.63) is 309 Å². The van der Waals surface area contributed by atoms with E-state index in [9.17, 15) is 0 Å². The first-order valence-electron chi connectivity index (χ1n) is 33.9. The second-order valence-electron chi connectivity index (χ2n) is 18.5. The van der Waals surface area contributed by atoms with Gasteiger partial charge in [-0.25, -0.2) is 0 Å². The number of hydrogen-bond acceptors (Lipinski definition) is 1. The second-order valence-corrected chi connectivity index (χ2v) is 18.5. The van der Waals surface area contributed by atoms with Crippen molar-refractivity contribution >= 4 is 11.4 Å². The largest absolute Gasteiger partial charge is 0.341 e. The minimum absolute atomic E-state index is 0.196. The summed E-state index contributed by atoms with van der Waals surface area (Å²) in [5.41, 5.74) is 26.9. The van der Waals surface area contributed by atoms with Crippen LogP contribution >= 0.6 is 0 Å².